The first-order chi connectivity index (χ1) is 8.17. The molecule has 3 heteroatoms. The Morgan fingerprint density at radius 1 is 1.35 bits per heavy atom. The highest BCUT2D eigenvalue weighted by atomic mass is 16.5. The molecule has 0 radical (unpaired) electrons. The van der Waals surface area contributed by atoms with E-state index in [9.17, 15) is 5.11 Å². The third-order valence-electron chi connectivity index (χ3n) is 2.96. The van der Waals surface area contributed by atoms with Crippen LogP contribution in [0.2, 0.25) is 0 Å². The minimum absolute atomic E-state index is 0.0255. The second-order valence-corrected chi connectivity index (χ2v) is 4.40. The number of ether oxygens (including phenoxy) is 1. The summed E-state index contributed by atoms with van der Waals surface area (Å²) in [5.41, 5.74) is 2.89. The number of methoxy groups -OCH3 is 1. The van der Waals surface area contributed by atoms with Crippen LogP contribution in [0.5, 0.6) is 5.75 Å². The fourth-order valence-corrected chi connectivity index (χ4v) is 2.06. The summed E-state index contributed by atoms with van der Waals surface area (Å²) in [6, 6.07) is 5.84. The Labute approximate surface area is 101 Å². The Hall–Kier alpha value is -1.61. The summed E-state index contributed by atoms with van der Waals surface area (Å²) in [5.74, 6) is 1.18. The zero-order valence-corrected chi connectivity index (χ0v) is 10.4. The van der Waals surface area contributed by atoms with Gasteiger partial charge in [0.25, 0.3) is 0 Å². The van der Waals surface area contributed by atoms with Crippen molar-refractivity contribution in [3.8, 4) is 5.75 Å². The molecule has 0 amide bonds. The zero-order chi connectivity index (χ0) is 12.4. The van der Waals surface area contributed by atoms with Crippen LogP contribution in [0.25, 0.3) is 10.9 Å². The van der Waals surface area contributed by atoms with Gasteiger partial charge < -0.3 is 9.84 Å². The van der Waals surface area contributed by atoms with Crippen LogP contribution in [-0.4, -0.2) is 17.2 Å². The van der Waals surface area contributed by atoms with Crippen molar-refractivity contribution in [1.82, 2.24) is 4.98 Å². The van der Waals surface area contributed by atoms with Gasteiger partial charge in [-0.25, -0.2) is 0 Å². The smallest absolute Gasteiger partial charge is 0.119 e. The fourth-order valence-electron chi connectivity index (χ4n) is 2.06. The molecule has 17 heavy (non-hydrogen) atoms. The maximum Gasteiger partial charge on any atom is 0.119 e. The van der Waals surface area contributed by atoms with E-state index in [1.807, 2.05) is 18.2 Å². The van der Waals surface area contributed by atoms with Gasteiger partial charge in [0.15, 0.2) is 0 Å². The predicted octanol–water partition coefficient (Wildman–Crippen LogP) is 2.86. The van der Waals surface area contributed by atoms with Crippen molar-refractivity contribution in [2.45, 2.75) is 26.4 Å². The van der Waals surface area contributed by atoms with E-state index < -0.39 is 0 Å². The maximum absolute atomic E-state index is 9.39. The lowest BCUT2D eigenvalue weighted by Gasteiger charge is -2.13. The van der Waals surface area contributed by atoms with Crippen molar-refractivity contribution in [2.24, 2.45) is 0 Å². The van der Waals surface area contributed by atoms with Gasteiger partial charge in [-0.15, -0.1) is 0 Å². The molecule has 1 aromatic carbocycles. The lowest BCUT2D eigenvalue weighted by Crippen LogP contribution is -1.96. The van der Waals surface area contributed by atoms with Gasteiger partial charge in [0.05, 0.1) is 19.2 Å². The van der Waals surface area contributed by atoms with E-state index in [1.54, 1.807) is 13.3 Å². The van der Waals surface area contributed by atoms with Crippen molar-refractivity contribution in [3.05, 3.63) is 35.5 Å². The van der Waals surface area contributed by atoms with Gasteiger partial charge in [0.2, 0.25) is 0 Å². The number of benzene rings is 1. The molecule has 0 unspecified atom stereocenters. The van der Waals surface area contributed by atoms with Crippen LogP contribution in [0.4, 0.5) is 0 Å². The molecule has 0 aliphatic carbocycles. The fraction of sp³-hybridized carbons (Fsp3) is 0.357. The molecule has 1 N–H and O–H groups in total. The topological polar surface area (TPSA) is 42.4 Å². The number of aliphatic hydroxyl groups is 1. The van der Waals surface area contributed by atoms with Crippen molar-refractivity contribution < 1.29 is 9.84 Å². The standard InChI is InChI=1S/C14H17NO2/c1-9(2)12-4-5-15-14-10(8-16)6-11(17-3)7-13(12)14/h4-7,9,16H,8H2,1-3H3. The van der Waals surface area contributed by atoms with Crippen molar-refractivity contribution in [3.63, 3.8) is 0 Å². The molecule has 1 aromatic heterocycles. The molecular formula is C14H17NO2. The van der Waals surface area contributed by atoms with E-state index in [2.05, 4.69) is 18.8 Å². The van der Waals surface area contributed by atoms with Crippen LogP contribution in [0.1, 0.15) is 30.9 Å². The monoisotopic (exact) mass is 231 g/mol. The SMILES string of the molecule is COc1cc(CO)c2nccc(C(C)C)c2c1. The molecule has 0 aliphatic heterocycles. The largest absolute Gasteiger partial charge is 0.497 e. The average molecular weight is 231 g/mol. The number of nitrogens with zero attached hydrogens (tertiary/aromatic N) is 1. The van der Waals surface area contributed by atoms with Crippen LogP contribution in [0.3, 0.4) is 0 Å². The Kier molecular flexibility index (Phi) is 3.29. The van der Waals surface area contributed by atoms with Crippen molar-refractivity contribution >= 4 is 10.9 Å². The van der Waals surface area contributed by atoms with Gasteiger partial charge in [-0.2, -0.15) is 0 Å². The van der Waals surface area contributed by atoms with Gasteiger partial charge in [0.1, 0.15) is 5.75 Å². The first kappa shape index (κ1) is 11.9. The molecule has 1 heterocycles. The highest BCUT2D eigenvalue weighted by Gasteiger charge is 2.10. The Balaban J connectivity index is 2.79. The first-order valence-corrected chi connectivity index (χ1v) is 5.73. The molecule has 0 aliphatic rings. The summed E-state index contributed by atoms with van der Waals surface area (Å²) < 4.78 is 5.26. The Bertz CT molecular complexity index is 535. The minimum Gasteiger partial charge on any atom is -0.497 e. The third kappa shape index (κ3) is 2.11. The van der Waals surface area contributed by atoms with E-state index in [1.165, 1.54) is 5.56 Å². The summed E-state index contributed by atoms with van der Waals surface area (Å²) in [4.78, 5) is 4.35. The predicted molar refractivity (Wildman–Crippen MR) is 68.3 cm³/mol. The summed E-state index contributed by atoms with van der Waals surface area (Å²) in [7, 11) is 1.63. The van der Waals surface area contributed by atoms with Gasteiger partial charge in [-0.05, 0) is 29.7 Å². The molecule has 2 aromatic rings. The van der Waals surface area contributed by atoms with Crippen LogP contribution in [-0.2, 0) is 6.61 Å². The van der Waals surface area contributed by atoms with Gasteiger partial charge in [-0.1, -0.05) is 13.8 Å². The molecule has 0 saturated carbocycles. The van der Waals surface area contributed by atoms with Crippen molar-refractivity contribution in [2.75, 3.05) is 7.11 Å². The summed E-state index contributed by atoms with van der Waals surface area (Å²) in [6.45, 7) is 4.27. The molecule has 0 saturated heterocycles. The summed E-state index contributed by atoms with van der Waals surface area (Å²) in [5, 5.41) is 10.5. The molecule has 3 nitrogen and oxygen atoms in total. The molecule has 0 fully saturated rings. The maximum atomic E-state index is 9.39. The van der Waals surface area contributed by atoms with Crippen LogP contribution >= 0.6 is 0 Å². The number of pyridine rings is 1. The minimum atomic E-state index is -0.0255. The van der Waals surface area contributed by atoms with Crippen LogP contribution < -0.4 is 4.74 Å². The lowest BCUT2D eigenvalue weighted by molar-refractivity contribution is 0.282. The van der Waals surface area contributed by atoms with E-state index in [-0.39, 0.29) is 6.61 Å². The average Bonchev–Trinajstić information content (AvgIpc) is 2.36. The molecular weight excluding hydrogens is 214 g/mol. The van der Waals surface area contributed by atoms with E-state index in [0.29, 0.717) is 5.92 Å². The Morgan fingerprint density at radius 3 is 2.71 bits per heavy atom. The Morgan fingerprint density at radius 2 is 2.12 bits per heavy atom. The second-order valence-electron chi connectivity index (χ2n) is 4.40. The quantitative estimate of drug-likeness (QED) is 0.883. The number of aromatic nitrogens is 1. The van der Waals surface area contributed by atoms with E-state index in [0.717, 1.165) is 22.2 Å². The highest BCUT2D eigenvalue weighted by molar-refractivity contribution is 5.86. The van der Waals surface area contributed by atoms with Gasteiger partial charge in [-0.3, -0.25) is 4.98 Å². The molecule has 90 valence electrons. The number of aliphatic hydroxyl groups excluding tert-OH is 1. The highest BCUT2D eigenvalue weighted by Crippen LogP contribution is 2.30. The van der Waals surface area contributed by atoms with Crippen LogP contribution in [0.15, 0.2) is 24.4 Å². The summed E-state index contributed by atoms with van der Waals surface area (Å²) >= 11 is 0. The number of fused-ring (bicyclic) bond motifs is 1. The zero-order valence-electron chi connectivity index (χ0n) is 10.4. The lowest BCUT2D eigenvalue weighted by atomic mass is 9.97. The number of rotatable bonds is 3. The van der Waals surface area contributed by atoms with E-state index >= 15 is 0 Å². The normalized spacial score (nSPS) is 11.1. The van der Waals surface area contributed by atoms with Gasteiger partial charge >= 0.3 is 0 Å². The van der Waals surface area contributed by atoms with E-state index in [4.69, 9.17) is 4.74 Å². The number of hydrogen-bond acceptors (Lipinski definition) is 3. The summed E-state index contributed by atoms with van der Waals surface area (Å²) in [6.07, 6.45) is 1.79. The molecule has 2 rings (SSSR count). The molecule has 0 spiro atoms. The van der Waals surface area contributed by atoms with Crippen LogP contribution in [0, 0.1) is 0 Å². The van der Waals surface area contributed by atoms with Crippen molar-refractivity contribution in [1.29, 1.82) is 0 Å². The molecule has 0 atom stereocenters. The number of hydrogen-bond donors (Lipinski definition) is 1. The molecule has 0 bridgehead atoms. The second kappa shape index (κ2) is 4.72. The third-order valence-corrected chi connectivity index (χ3v) is 2.96. The van der Waals surface area contributed by atoms with Gasteiger partial charge in [0, 0.05) is 17.1 Å². The first-order valence-electron chi connectivity index (χ1n) is 5.73.